The monoisotopic (exact) mass is 421 g/mol. The predicted octanol–water partition coefficient (Wildman–Crippen LogP) is -1.99. The Morgan fingerprint density at radius 1 is 0.967 bits per heavy atom. The Kier molecular flexibility index (Phi) is 9.97. The van der Waals surface area contributed by atoms with E-state index in [1.807, 2.05) is 0 Å². The molecule has 1 rings (SSSR count). The standard InChI is InChI=1S/C19H27N5O6/c1-11(20)17(28)24-14(9-12-5-3-2-4-6-12)19(30)23-13(7-8-15(21)25)18(29)22-10-16(26)27/h2-6,11,13-14H,7-10,20H2,1H3,(H2,21,25)(H,22,29)(H,23,30)(H,24,28)(H,26,27). The lowest BCUT2D eigenvalue weighted by Crippen LogP contribution is -2.56. The molecule has 0 saturated heterocycles. The molecule has 0 spiro atoms. The molecule has 164 valence electrons. The van der Waals surface area contributed by atoms with E-state index in [1.54, 1.807) is 30.3 Å². The largest absolute Gasteiger partial charge is 0.480 e. The third kappa shape index (κ3) is 9.15. The summed E-state index contributed by atoms with van der Waals surface area (Å²) >= 11 is 0. The summed E-state index contributed by atoms with van der Waals surface area (Å²) in [6.45, 7) is 0.804. The van der Waals surface area contributed by atoms with E-state index >= 15 is 0 Å². The smallest absolute Gasteiger partial charge is 0.322 e. The zero-order valence-corrected chi connectivity index (χ0v) is 16.6. The van der Waals surface area contributed by atoms with Crippen molar-refractivity contribution in [1.29, 1.82) is 0 Å². The Balaban J connectivity index is 2.97. The number of benzene rings is 1. The van der Waals surface area contributed by atoms with Crippen molar-refractivity contribution in [3.05, 3.63) is 35.9 Å². The van der Waals surface area contributed by atoms with E-state index < -0.39 is 54.3 Å². The molecule has 11 heteroatoms. The van der Waals surface area contributed by atoms with Gasteiger partial charge in [-0.05, 0) is 18.9 Å². The number of carboxylic acids is 1. The van der Waals surface area contributed by atoms with E-state index in [2.05, 4.69) is 16.0 Å². The fourth-order valence-electron chi connectivity index (χ4n) is 2.48. The lowest BCUT2D eigenvalue weighted by Gasteiger charge is -2.23. The first kappa shape index (κ1) is 24.6. The van der Waals surface area contributed by atoms with E-state index in [-0.39, 0.29) is 19.3 Å². The fraction of sp³-hybridized carbons (Fsp3) is 0.421. The van der Waals surface area contributed by atoms with Crippen molar-refractivity contribution in [2.75, 3.05) is 6.54 Å². The molecule has 0 aliphatic heterocycles. The normalized spacial score (nSPS) is 13.4. The highest BCUT2D eigenvalue weighted by molar-refractivity contribution is 5.94. The Bertz CT molecular complexity index is 768. The Hall–Kier alpha value is -3.47. The van der Waals surface area contributed by atoms with E-state index in [4.69, 9.17) is 16.6 Å². The highest BCUT2D eigenvalue weighted by Gasteiger charge is 2.28. The quantitative estimate of drug-likeness (QED) is 0.225. The molecule has 0 heterocycles. The van der Waals surface area contributed by atoms with Gasteiger partial charge in [0.25, 0.3) is 0 Å². The first-order valence-corrected chi connectivity index (χ1v) is 9.28. The summed E-state index contributed by atoms with van der Waals surface area (Å²) in [7, 11) is 0. The second-order valence-corrected chi connectivity index (χ2v) is 6.72. The fourth-order valence-corrected chi connectivity index (χ4v) is 2.48. The highest BCUT2D eigenvalue weighted by Crippen LogP contribution is 2.06. The van der Waals surface area contributed by atoms with Gasteiger partial charge in [-0.3, -0.25) is 24.0 Å². The first-order valence-electron chi connectivity index (χ1n) is 9.28. The van der Waals surface area contributed by atoms with Crippen molar-refractivity contribution < 1.29 is 29.1 Å². The third-order valence-corrected chi connectivity index (χ3v) is 4.06. The van der Waals surface area contributed by atoms with Gasteiger partial charge in [-0.15, -0.1) is 0 Å². The average molecular weight is 421 g/mol. The van der Waals surface area contributed by atoms with Gasteiger partial charge >= 0.3 is 5.97 Å². The zero-order valence-electron chi connectivity index (χ0n) is 16.6. The van der Waals surface area contributed by atoms with Gasteiger partial charge < -0.3 is 32.5 Å². The third-order valence-electron chi connectivity index (χ3n) is 4.06. The minimum absolute atomic E-state index is 0.129. The molecule has 0 fully saturated rings. The second-order valence-electron chi connectivity index (χ2n) is 6.72. The topological polar surface area (TPSA) is 194 Å². The van der Waals surface area contributed by atoms with Gasteiger partial charge in [-0.2, -0.15) is 0 Å². The Morgan fingerprint density at radius 2 is 1.57 bits per heavy atom. The van der Waals surface area contributed by atoms with Crippen LogP contribution in [-0.2, 0) is 30.4 Å². The summed E-state index contributed by atoms with van der Waals surface area (Å²) < 4.78 is 0. The first-order chi connectivity index (χ1) is 14.1. The molecule has 4 amide bonds. The molecule has 11 nitrogen and oxygen atoms in total. The van der Waals surface area contributed by atoms with Crippen LogP contribution >= 0.6 is 0 Å². The lowest BCUT2D eigenvalue weighted by molar-refractivity contribution is -0.138. The molecule has 0 aromatic heterocycles. The van der Waals surface area contributed by atoms with Crippen molar-refractivity contribution in [3.63, 3.8) is 0 Å². The van der Waals surface area contributed by atoms with Gasteiger partial charge in [0.2, 0.25) is 23.6 Å². The molecular weight excluding hydrogens is 394 g/mol. The SMILES string of the molecule is CC(N)C(=O)NC(Cc1ccccc1)C(=O)NC(CCC(N)=O)C(=O)NCC(=O)O. The van der Waals surface area contributed by atoms with Crippen LogP contribution in [0.15, 0.2) is 30.3 Å². The van der Waals surface area contributed by atoms with E-state index in [0.29, 0.717) is 0 Å². The minimum atomic E-state index is -1.27. The molecule has 0 aliphatic carbocycles. The van der Waals surface area contributed by atoms with Crippen LogP contribution in [0.1, 0.15) is 25.3 Å². The predicted molar refractivity (Wildman–Crippen MR) is 107 cm³/mol. The summed E-state index contributed by atoms with van der Waals surface area (Å²) in [5, 5.41) is 15.8. The molecule has 3 unspecified atom stereocenters. The van der Waals surface area contributed by atoms with Crippen molar-refractivity contribution in [1.82, 2.24) is 16.0 Å². The van der Waals surface area contributed by atoms with Gasteiger partial charge in [0, 0.05) is 12.8 Å². The van der Waals surface area contributed by atoms with Crippen molar-refractivity contribution in [2.24, 2.45) is 11.5 Å². The van der Waals surface area contributed by atoms with Gasteiger partial charge in [-0.1, -0.05) is 30.3 Å². The molecule has 0 aliphatic rings. The Morgan fingerprint density at radius 3 is 2.10 bits per heavy atom. The second kappa shape index (κ2) is 12.2. The number of carbonyl (C=O) groups excluding carboxylic acids is 4. The number of primary amides is 1. The van der Waals surface area contributed by atoms with E-state index in [1.165, 1.54) is 6.92 Å². The van der Waals surface area contributed by atoms with Gasteiger partial charge in [0.05, 0.1) is 6.04 Å². The molecule has 1 aromatic rings. The molecule has 30 heavy (non-hydrogen) atoms. The zero-order chi connectivity index (χ0) is 22.7. The number of carboxylic acid groups (broad SMARTS) is 1. The maximum Gasteiger partial charge on any atom is 0.322 e. The number of aliphatic carboxylic acids is 1. The number of rotatable bonds is 12. The van der Waals surface area contributed by atoms with Gasteiger partial charge in [-0.25, -0.2) is 0 Å². The summed E-state index contributed by atoms with van der Waals surface area (Å²) in [4.78, 5) is 58.9. The molecule has 0 bridgehead atoms. The van der Waals surface area contributed by atoms with Crippen LogP contribution in [0.5, 0.6) is 0 Å². The number of amides is 4. The number of hydrogen-bond acceptors (Lipinski definition) is 6. The molecule has 0 radical (unpaired) electrons. The highest BCUT2D eigenvalue weighted by atomic mass is 16.4. The van der Waals surface area contributed by atoms with Crippen LogP contribution in [0, 0.1) is 0 Å². The van der Waals surface area contributed by atoms with E-state index in [9.17, 15) is 24.0 Å². The number of carbonyl (C=O) groups is 5. The summed E-state index contributed by atoms with van der Waals surface area (Å²) in [6, 6.07) is 5.75. The molecule has 1 aromatic carbocycles. The molecule has 0 saturated carbocycles. The van der Waals surface area contributed by atoms with Gasteiger partial charge in [0.1, 0.15) is 18.6 Å². The van der Waals surface area contributed by atoms with Crippen LogP contribution in [0.4, 0.5) is 0 Å². The molecule has 3 atom stereocenters. The van der Waals surface area contributed by atoms with Gasteiger partial charge in [0.15, 0.2) is 0 Å². The van der Waals surface area contributed by atoms with Crippen molar-refractivity contribution in [3.8, 4) is 0 Å². The molecule has 8 N–H and O–H groups in total. The summed E-state index contributed by atoms with van der Waals surface area (Å²) in [6.07, 6.45) is -0.211. The number of nitrogens with two attached hydrogens (primary N) is 2. The Labute approximate surface area is 173 Å². The van der Waals surface area contributed by atoms with Crippen LogP contribution in [0.25, 0.3) is 0 Å². The minimum Gasteiger partial charge on any atom is -0.480 e. The maximum absolute atomic E-state index is 12.8. The molecular formula is C19H27N5O6. The van der Waals surface area contributed by atoms with Crippen LogP contribution in [0.2, 0.25) is 0 Å². The van der Waals surface area contributed by atoms with Crippen molar-refractivity contribution >= 4 is 29.6 Å². The van der Waals surface area contributed by atoms with Crippen LogP contribution in [-0.4, -0.2) is 59.4 Å². The van der Waals surface area contributed by atoms with Crippen LogP contribution in [0.3, 0.4) is 0 Å². The van der Waals surface area contributed by atoms with E-state index in [0.717, 1.165) is 5.56 Å². The van der Waals surface area contributed by atoms with Crippen LogP contribution < -0.4 is 27.4 Å². The summed E-state index contributed by atoms with van der Waals surface area (Å²) in [5.41, 5.74) is 11.4. The van der Waals surface area contributed by atoms with Crippen molar-refractivity contribution in [2.45, 2.75) is 44.3 Å². The number of nitrogens with one attached hydrogen (secondary N) is 3. The maximum atomic E-state index is 12.8. The number of hydrogen-bond donors (Lipinski definition) is 6. The lowest BCUT2D eigenvalue weighted by atomic mass is 10.0. The summed E-state index contributed by atoms with van der Waals surface area (Å²) in [5.74, 6) is -3.99. The average Bonchev–Trinajstić information content (AvgIpc) is 2.68.